The van der Waals surface area contributed by atoms with E-state index in [2.05, 4.69) is 15.1 Å². The van der Waals surface area contributed by atoms with Gasteiger partial charge in [0.25, 0.3) is 0 Å². The number of ether oxygens (including phenoxy) is 2. The Morgan fingerprint density at radius 2 is 1.63 bits per heavy atom. The van der Waals surface area contributed by atoms with Crippen molar-refractivity contribution in [3.05, 3.63) is 54.4 Å². The maximum absolute atomic E-state index is 6.24. The van der Waals surface area contributed by atoms with Crippen molar-refractivity contribution in [1.82, 2.24) is 19.7 Å². The number of nitrogens with zero attached hydrogens (tertiary/aromatic N) is 4. The average molecular weight is 361 g/mol. The van der Waals surface area contributed by atoms with Crippen LogP contribution in [0.25, 0.3) is 28.0 Å². The third-order valence-electron chi connectivity index (χ3n) is 4.40. The van der Waals surface area contributed by atoms with E-state index in [4.69, 9.17) is 15.2 Å². The predicted molar refractivity (Wildman–Crippen MR) is 104 cm³/mol. The zero-order valence-electron chi connectivity index (χ0n) is 15.3. The molecule has 2 N–H and O–H groups in total. The molecule has 0 unspecified atom stereocenters. The van der Waals surface area contributed by atoms with Gasteiger partial charge in [-0.3, -0.25) is 0 Å². The summed E-state index contributed by atoms with van der Waals surface area (Å²) in [5, 5.41) is 5.42. The molecular formula is C20H19N5O2. The van der Waals surface area contributed by atoms with Gasteiger partial charge in [-0.1, -0.05) is 29.8 Å². The summed E-state index contributed by atoms with van der Waals surface area (Å²) in [4.78, 5) is 8.73. The molecule has 0 atom stereocenters. The molecule has 0 aliphatic heterocycles. The van der Waals surface area contributed by atoms with Crippen molar-refractivity contribution in [3.63, 3.8) is 0 Å². The number of methoxy groups -OCH3 is 2. The van der Waals surface area contributed by atoms with E-state index in [0.717, 1.165) is 16.6 Å². The largest absolute Gasteiger partial charge is 0.493 e. The van der Waals surface area contributed by atoms with Gasteiger partial charge in [0, 0.05) is 23.1 Å². The van der Waals surface area contributed by atoms with Crippen LogP contribution in [0.2, 0.25) is 0 Å². The molecule has 0 radical (unpaired) electrons. The van der Waals surface area contributed by atoms with E-state index < -0.39 is 0 Å². The van der Waals surface area contributed by atoms with Gasteiger partial charge in [-0.15, -0.1) is 0 Å². The lowest BCUT2D eigenvalue weighted by Gasteiger charge is -2.11. The normalized spacial score (nSPS) is 10.9. The zero-order valence-corrected chi connectivity index (χ0v) is 15.3. The van der Waals surface area contributed by atoms with Gasteiger partial charge in [0.15, 0.2) is 17.3 Å². The van der Waals surface area contributed by atoms with Crippen molar-refractivity contribution in [3.8, 4) is 28.6 Å². The number of fused-ring (bicyclic) bond motifs is 1. The Morgan fingerprint density at radius 3 is 2.33 bits per heavy atom. The number of hydrogen-bond donors (Lipinski definition) is 1. The van der Waals surface area contributed by atoms with Crippen molar-refractivity contribution >= 4 is 16.7 Å². The molecule has 0 saturated carbocycles. The smallest absolute Gasteiger partial charge is 0.167 e. The fourth-order valence-corrected chi connectivity index (χ4v) is 2.97. The standard InChI is InChI=1S/C20H19N5O2/c1-12-4-6-13(7-5-12)15-10-19(21)25(24-15)20-14-8-17(26-2)18(27-3)9-16(14)22-11-23-20/h4-11H,21H2,1-3H3. The molecule has 2 heterocycles. The number of anilines is 1. The Balaban J connectivity index is 1.88. The second-order valence-corrected chi connectivity index (χ2v) is 6.15. The highest BCUT2D eigenvalue weighted by Gasteiger charge is 2.16. The first-order valence-electron chi connectivity index (χ1n) is 8.40. The van der Waals surface area contributed by atoms with E-state index in [9.17, 15) is 0 Å². The molecule has 0 aliphatic carbocycles. The Morgan fingerprint density at radius 1 is 0.926 bits per heavy atom. The van der Waals surface area contributed by atoms with E-state index in [1.54, 1.807) is 25.0 Å². The highest BCUT2D eigenvalue weighted by Crippen LogP contribution is 2.34. The fraction of sp³-hybridized carbons (Fsp3) is 0.150. The summed E-state index contributed by atoms with van der Waals surface area (Å²) in [7, 11) is 3.18. The molecule has 0 aliphatic rings. The van der Waals surface area contributed by atoms with Crippen LogP contribution in [0.1, 0.15) is 5.56 Å². The minimum absolute atomic E-state index is 0.486. The first-order valence-corrected chi connectivity index (χ1v) is 8.40. The maximum Gasteiger partial charge on any atom is 0.167 e. The summed E-state index contributed by atoms with van der Waals surface area (Å²) in [6, 6.07) is 13.6. The topological polar surface area (TPSA) is 88.1 Å². The third-order valence-corrected chi connectivity index (χ3v) is 4.40. The van der Waals surface area contributed by atoms with E-state index in [0.29, 0.717) is 28.7 Å². The lowest BCUT2D eigenvalue weighted by atomic mass is 10.1. The number of aryl methyl sites for hydroxylation is 1. The summed E-state index contributed by atoms with van der Waals surface area (Å²) in [5.41, 5.74) is 9.91. The van der Waals surface area contributed by atoms with Crippen LogP contribution >= 0.6 is 0 Å². The second-order valence-electron chi connectivity index (χ2n) is 6.15. The summed E-state index contributed by atoms with van der Waals surface area (Å²) < 4.78 is 12.4. The number of benzene rings is 2. The molecule has 0 spiro atoms. The van der Waals surface area contributed by atoms with Gasteiger partial charge in [0.05, 0.1) is 25.4 Å². The summed E-state index contributed by atoms with van der Waals surface area (Å²) in [6.07, 6.45) is 1.48. The molecule has 136 valence electrons. The first kappa shape index (κ1) is 16.8. The molecule has 0 saturated heterocycles. The van der Waals surface area contributed by atoms with Gasteiger partial charge in [0.1, 0.15) is 12.1 Å². The highest BCUT2D eigenvalue weighted by molar-refractivity contribution is 5.88. The Hall–Kier alpha value is -3.61. The van der Waals surface area contributed by atoms with Crippen molar-refractivity contribution < 1.29 is 9.47 Å². The van der Waals surface area contributed by atoms with Crippen LogP contribution in [-0.2, 0) is 0 Å². The van der Waals surface area contributed by atoms with Crippen LogP contribution in [0.4, 0.5) is 5.82 Å². The molecule has 4 rings (SSSR count). The van der Waals surface area contributed by atoms with Gasteiger partial charge >= 0.3 is 0 Å². The van der Waals surface area contributed by atoms with Gasteiger partial charge in [-0.05, 0) is 13.0 Å². The van der Waals surface area contributed by atoms with E-state index in [1.165, 1.54) is 11.9 Å². The minimum Gasteiger partial charge on any atom is -0.493 e. The molecule has 7 nitrogen and oxygen atoms in total. The molecule has 7 heteroatoms. The van der Waals surface area contributed by atoms with Gasteiger partial charge in [-0.25, -0.2) is 9.97 Å². The molecule has 0 bridgehead atoms. The Bertz CT molecular complexity index is 1120. The number of nitrogen functional groups attached to an aromatic ring is 1. The summed E-state index contributed by atoms with van der Waals surface area (Å²) in [5.74, 6) is 2.26. The number of nitrogens with two attached hydrogens (primary N) is 1. The van der Waals surface area contributed by atoms with E-state index in [-0.39, 0.29) is 0 Å². The number of rotatable bonds is 4. The fourth-order valence-electron chi connectivity index (χ4n) is 2.97. The van der Waals surface area contributed by atoms with E-state index >= 15 is 0 Å². The SMILES string of the molecule is COc1cc2ncnc(-n3nc(-c4ccc(C)cc4)cc3N)c2cc1OC. The van der Waals surface area contributed by atoms with Crippen LogP contribution in [0.15, 0.2) is 48.8 Å². The maximum atomic E-state index is 6.24. The van der Waals surface area contributed by atoms with Gasteiger partial charge < -0.3 is 15.2 Å². The zero-order chi connectivity index (χ0) is 19.0. The summed E-state index contributed by atoms with van der Waals surface area (Å²) >= 11 is 0. The molecule has 0 fully saturated rings. The average Bonchev–Trinajstić information content (AvgIpc) is 3.08. The quantitative estimate of drug-likeness (QED) is 0.599. The van der Waals surface area contributed by atoms with Gasteiger partial charge in [0.2, 0.25) is 0 Å². The van der Waals surface area contributed by atoms with Gasteiger partial charge in [-0.2, -0.15) is 9.78 Å². The van der Waals surface area contributed by atoms with Crippen molar-refractivity contribution in [2.75, 3.05) is 20.0 Å². The molecule has 4 aromatic rings. The highest BCUT2D eigenvalue weighted by atomic mass is 16.5. The molecule has 27 heavy (non-hydrogen) atoms. The number of aromatic nitrogens is 4. The van der Waals surface area contributed by atoms with Crippen molar-refractivity contribution in [2.45, 2.75) is 6.92 Å². The minimum atomic E-state index is 0.486. The molecular weight excluding hydrogens is 342 g/mol. The van der Waals surface area contributed by atoms with Crippen LogP contribution in [-0.4, -0.2) is 34.0 Å². The second kappa shape index (κ2) is 6.60. The summed E-state index contributed by atoms with van der Waals surface area (Å²) in [6.45, 7) is 2.05. The van der Waals surface area contributed by atoms with Crippen molar-refractivity contribution in [1.29, 1.82) is 0 Å². The monoisotopic (exact) mass is 361 g/mol. The van der Waals surface area contributed by atoms with Crippen LogP contribution < -0.4 is 15.2 Å². The lowest BCUT2D eigenvalue weighted by molar-refractivity contribution is 0.355. The molecule has 2 aromatic heterocycles. The number of hydrogen-bond acceptors (Lipinski definition) is 6. The van der Waals surface area contributed by atoms with Crippen LogP contribution in [0.5, 0.6) is 11.5 Å². The van der Waals surface area contributed by atoms with Crippen LogP contribution in [0, 0.1) is 6.92 Å². The Kier molecular flexibility index (Phi) is 4.12. The lowest BCUT2D eigenvalue weighted by Crippen LogP contribution is -2.05. The van der Waals surface area contributed by atoms with Crippen LogP contribution in [0.3, 0.4) is 0 Å². The Labute approximate surface area is 156 Å². The molecule has 2 aromatic carbocycles. The first-order chi connectivity index (χ1) is 13.1. The van der Waals surface area contributed by atoms with Crippen molar-refractivity contribution in [2.24, 2.45) is 0 Å². The molecule has 0 amide bonds. The third kappa shape index (κ3) is 2.93. The predicted octanol–water partition coefficient (Wildman–Crippen LogP) is 3.39. The van der Waals surface area contributed by atoms with E-state index in [1.807, 2.05) is 43.3 Å².